The third-order valence-corrected chi connectivity index (χ3v) is 5.24. The molecule has 0 radical (unpaired) electrons. The summed E-state index contributed by atoms with van der Waals surface area (Å²) < 4.78 is 0. The second-order valence-corrected chi connectivity index (χ2v) is 9.16. The van der Waals surface area contributed by atoms with Gasteiger partial charge in [-0.15, -0.1) is 0 Å². The molecule has 4 unspecified atom stereocenters. The molecule has 0 heterocycles. The van der Waals surface area contributed by atoms with Gasteiger partial charge < -0.3 is 49.7 Å². The van der Waals surface area contributed by atoms with Crippen molar-refractivity contribution in [1.82, 2.24) is 16.0 Å². The number of aliphatic imine (C=N–C) groups is 1. The topological polar surface area (TPSA) is 284 Å². The van der Waals surface area contributed by atoms with Crippen LogP contribution in [0, 0.1) is 5.92 Å². The van der Waals surface area contributed by atoms with Crippen LogP contribution in [0.2, 0.25) is 0 Å². The fourth-order valence-corrected chi connectivity index (χ4v) is 3.37. The zero-order chi connectivity index (χ0) is 28.5. The SMILES string of the molecule is CC(C)CC(N)C(=O)NC(CC(N)=O)C(=O)NC(CCCN=C(N)N)C(=O)NC(CCCCN)C(=O)O. The molecule has 0 aliphatic heterocycles. The molecule has 4 amide bonds. The van der Waals surface area contributed by atoms with Crippen molar-refractivity contribution in [3.63, 3.8) is 0 Å². The summed E-state index contributed by atoms with van der Waals surface area (Å²) in [6, 6.07) is -4.73. The Labute approximate surface area is 216 Å². The molecule has 0 aromatic heterocycles. The molecule has 15 nitrogen and oxygen atoms in total. The van der Waals surface area contributed by atoms with E-state index >= 15 is 0 Å². The number of carboxylic acids is 1. The number of nitrogens with zero attached hydrogens (tertiary/aromatic N) is 1. The van der Waals surface area contributed by atoms with Crippen LogP contribution >= 0.6 is 0 Å². The average Bonchev–Trinajstić information content (AvgIpc) is 2.78. The molecule has 15 heteroatoms. The molecule has 37 heavy (non-hydrogen) atoms. The first-order valence-corrected chi connectivity index (χ1v) is 12.2. The number of hydrogen-bond acceptors (Lipinski definition) is 8. The highest BCUT2D eigenvalue weighted by atomic mass is 16.4. The fraction of sp³-hybridized carbons (Fsp3) is 0.727. The number of nitrogens with two attached hydrogens (primary N) is 5. The quantitative estimate of drug-likeness (QED) is 0.0463. The third kappa shape index (κ3) is 15.3. The molecule has 0 bridgehead atoms. The van der Waals surface area contributed by atoms with Crippen molar-refractivity contribution in [2.24, 2.45) is 39.6 Å². The van der Waals surface area contributed by atoms with Crippen LogP contribution in [0.5, 0.6) is 0 Å². The normalized spacial score (nSPS) is 14.1. The second kappa shape index (κ2) is 17.9. The minimum Gasteiger partial charge on any atom is -0.480 e. The summed E-state index contributed by atoms with van der Waals surface area (Å²) in [6.07, 6.45) is 1.28. The number of carbonyl (C=O) groups excluding carboxylic acids is 4. The Bertz CT molecular complexity index is 802. The van der Waals surface area contributed by atoms with Gasteiger partial charge in [-0.1, -0.05) is 13.8 Å². The van der Waals surface area contributed by atoms with Crippen LogP contribution in [0.25, 0.3) is 0 Å². The van der Waals surface area contributed by atoms with E-state index in [0.717, 1.165) is 0 Å². The molecule has 0 spiro atoms. The summed E-state index contributed by atoms with van der Waals surface area (Å²) in [7, 11) is 0. The van der Waals surface area contributed by atoms with Crippen molar-refractivity contribution in [3.05, 3.63) is 0 Å². The highest BCUT2D eigenvalue weighted by Crippen LogP contribution is 2.07. The van der Waals surface area contributed by atoms with Gasteiger partial charge in [-0.3, -0.25) is 24.2 Å². The van der Waals surface area contributed by atoms with Crippen molar-refractivity contribution < 1.29 is 29.1 Å². The van der Waals surface area contributed by atoms with Gasteiger partial charge in [-0.05, 0) is 51.0 Å². The second-order valence-electron chi connectivity index (χ2n) is 9.16. The predicted molar refractivity (Wildman–Crippen MR) is 137 cm³/mol. The largest absolute Gasteiger partial charge is 0.480 e. The van der Waals surface area contributed by atoms with E-state index in [1.165, 1.54) is 0 Å². The summed E-state index contributed by atoms with van der Waals surface area (Å²) >= 11 is 0. The average molecular weight is 530 g/mol. The van der Waals surface area contributed by atoms with Gasteiger partial charge in [-0.2, -0.15) is 0 Å². The molecule has 0 aromatic rings. The summed E-state index contributed by atoms with van der Waals surface area (Å²) in [5.74, 6) is -4.44. The highest BCUT2D eigenvalue weighted by Gasteiger charge is 2.31. The summed E-state index contributed by atoms with van der Waals surface area (Å²) in [5.41, 5.74) is 27.2. The third-order valence-electron chi connectivity index (χ3n) is 5.24. The molecule has 4 atom stereocenters. The van der Waals surface area contributed by atoms with E-state index in [2.05, 4.69) is 20.9 Å². The molecule has 0 saturated heterocycles. The fourth-order valence-electron chi connectivity index (χ4n) is 3.37. The molecule has 0 aliphatic carbocycles. The lowest BCUT2D eigenvalue weighted by atomic mass is 10.0. The van der Waals surface area contributed by atoms with Gasteiger partial charge in [0.2, 0.25) is 23.6 Å². The van der Waals surface area contributed by atoms with E-state index in [9.17, 15) is 29.1 Å². The van der Waals surface area contributed by atoms with Crippen molar-refractivity contribution in [3.8, 4) is 0 Å². The van der Waals surface area contributed by atoms with Crippen molar-refractivity contribution in [2.45, 2.75) is 83.0 Å². The number of nitrogens with one attached hydrogen (secondary N) is 3. The van der Waals surface area contributed by atoms with Crippen molar-refractivity contribution in [1.29, 1.82) is 0 Å². The Morgan fingerprint density at radius 1 is 0.811 bits per heavy atom. The zero-order valence-electron chi connectivity index (χ0n) is 21.6. The number of hydrogen-bond donors (Lipinski definition) is 9. The number of primary amides is 1. The smallest absolute Gasteiger partial charge is 0.326 e. The minimum absolute atomic E-state index is 0.0353. The summed E-state index contributed by atoms with van der Waals surface area (Å²) in [5, 5.41) is 16.8. The van der Waals surface area contributed by atoms with Gasteiger partial charge in [0, 0.05) is 6.54 Å². The number of carbonyl (C=O) groups is 5. The van der Waals surface area contributed by atoms with E-state index in [0.29, 0.717) is 25.8 Å². The number of guanidine groups is 1. The van der Waals surface area contributed by atoms with E-state index in [1.807, 2.05) is 13.8 Å². The van der Waals surface area contributed by atoms with Crippen LogP contribution < -0.4 is 44.6 Å². The van der Waals surface area contributed by atoms with Gasteiger partial charge in [0.15, 0.2) is 5.96 Å². The van der Waals surface area contributed by atoms with Crippen molar-refractivity contribution in [2.75, 3.05) is 13.1 Å². The number of unbranched alkanes of at least 4 members (excludes halogenated alkanes) is 1. The molecular weight excluding hydrogens is 486 g/mol. The Balaban J connectivity index is 5.62. The lowest BCUT2D eigenvalue weighted by Gasteiger charge is -2.25. The molecule has 0 aromatic carbocycles. The maximum absolute atomic E-state index is 13.0. The van der Waals surface area contributed by atoms with E-state index in [1.54, 1.807) is 0 Å². The van der Waals surface area contributed by atoms with Crippen molar-refractivity contribution >= 4 is 35.6 Å². The van der Waals surface area contributed by atoms with Gasteiger partial charge in [0.05, 0.1) is 12.5 Å². The van der Waals surface area contributed by atoms with Crippen LogP contribution in [-0.4, -0.2) is 77.9 Å². The van der Waals surface area contributed by atoms with E-state index < -0.39 is 60.2 Å². The molecule has 212 valence electrons. The van der Waals surface area contributed by atoms with Crippen LogP contribution in [0.15, 0.2) is 4.99 Å². The standard InChI is InChI=1S/C22H43N9O6/c1-12(2)10-13(24)18(33)31-16(11-17(25)32)20(35)29-14(7-5-9-28-22(26)27)19(34)30-15(21(36)37)6-3-4-8-23/h12-16H,3-11,23-24H2,1-2H3,(H2,25,32)(H,29,35)(H,30,34)(H,31,33)(H,36,37)(H4,26,27,28). The van der Waals surface area contributed by atoms with Gasteiger partial charge in [0.1, 0.15) is 18.1 Å². The molecule has 0 fully saturated rings. The first-order valence-electron chi connectivity index (χ1n) is 12.2. The summed E-state index contributed by atoms with van der Waals surface area (Å²) in [6.45, 7) is 4.25. The maximum Gasteiger partial charge on any atom is 0.326 e. The Morgan fingerprint density at radius 2 is 1.35 bits per heavy atom. The Morgan fingerprint density at radius 3 is 1.86 bits per heavy atom. The van der Waals surface area contributed by atoms with E-state index in [4.69, 9.17) is 28.7 Å². The number of rotatable bonds is 19. The zero-order valence-corrected chi connectivity index (χ0v) is 21.6. The number of aliphatic carboxylic acids is 1. The highest BCUT2D eigenvalue weighted by molar-refractivity contribution is 5.96. The lowest BCUT2D eigenvalue weighted by molar-refractivity contribution is -0.142. The molecule has 0 saturated carbocycles. The monoisotopic (exact) mass is 529 g/mol. The van der Waals surface area contributed by atoms with Gasteiger partial charge in [0.25, 0.3) is 0 Å². The maximum atomic E-state index is 13.0. The first-order chi connectivity index (χ1) is 17.3. The molecule has 0 rings (SSSR count). The Kier molecular flexibility index (Phi) is 16.2. The van der Waals surface area contributed by atoms with Crippen LogP contribution in [0.3, 0.4) is 0 Å². The molecule has 0 aliphatic rings. The molecular formula is C22H43N9O6. The number of amides is 4. The van der Waals surface area contributed by atoms with Gasteiger partial charge in [-0.25, -0.2) is 4.79 Å². The van der Waals surface area contributed by atoms with Crippen LogP contribution in [0.4, 0.5) is 0 Å². The minimum atomic E-state index is -1.39. The predicted octanol–water partition coefficient (Wildman–Crippen LogP) is -3.04. The summed E-state index contributed by atoms with van der Waals surface area (Å²) in [4.78, 5) is 65.4. The van der Waals surface area contributed by atoms with Crippen LogP contribution in [0.1, 0.15) is 58.8 Å². The van der Waals surface area contributed by atoms with Crippen LogP contribution in [-0.2, 0) is 24.0 Å². The lowest BCUT2D eigenvalue weighted by Crippen LogP contribution is -2.57. The first kappa shape index (κ1) is 33.5. The van der Waals surface area contributed by atoms with E-state index in [-0.39, 0.29) is 37.7 Å². The molecule has 14 N–H and O–H groups in total. The Hall–Kier alpha value is -3.46. The van der Waals surface area contributed by atoms with Gasteiger partial charge >= 0.3 is 5.97 Å². The number of carboxylic acid groups (broad SMARTS) is 1.